The standard InChI is InChI=1S/C15H29N3O3/c1-13(2)18(12-5-7-14(19)20)15(21)16-8-6-11-17-9-3-4-10-17/h13H,3-12H2,1-2H3,(H,16,21)(H,19,20). The fraction of sp³-hybridized carbons (Fsp3) is 0.867. The molecule has 0 aromatic heterocycles. The Kier molecular flexibility index (Phi) is 8.12. The second-order valence-electron chi connectivity index (χ2n) is 5.92. The van der Waals surface area contributed by atoms with E-state index in [0.29, 0.717) is 19.5 Å². The molecule has 0 aliphatic carbocycles. The molecule has 0 radical (unpaired) electrons. The molecule has 0 spiro atoms. The number of rotatable bonds is 9. The Balaban J connectivity index is 2.19. The number of amides is 2. The van der Waals surface area contributed by atoms with Crippen molar-refractivity contribution in [2.75, 3.05) is 32.7 Å². The van der Waals surface area contributed by atoms with Crippen LogP contribution < -0.4 is 5.32 Å². The first kappa shape index (κ1) is 17.8. The van der Waals surface area contributed by atoms with Crippen LogP contribution >= 0.6 is 0 Å². The molecule has 1 heterocycles. The van der Waals surface area contributed by atoms with Crippen molar-refractivity contribution in [1.82, 2.24) is 15.1 Å². The molecule has 0 saturated carbocycles. The molecule has 21 heavy (non-hydrogen) atoms. The van der Waals surface area contributed by atoms with Crippen LogP contribution in [0.3, 0.4) is 0 Å². The van der Waals surface area contributed by atoms with Gasteiger partial charge in [0.15, 0.2) is 0 Å². The number of carbonyl (C=O) groups excluding carboxylic acids is 1. The van der Waals surface area contributed by atoms with Crippen LogP contribution in [0.5, 0.6) is 0 Å². The van der Waals surface area contributed by atoms with Gasteiger partial charge in [0.1, 0.15) is 0 Å². The summed E-state index contributed by atoms with van der Waals surface area (Å²) in [5.41, 5.74) is 0. The molecule has 122 valence electrons. The number of hydrogen-bond acceptors (Lipinski definition) is 3. The first-order valence-electron chi connectivity index (χ1n) is 7.99. The molecule has 1 saturated heterocycles. The van der Waals surface area contributed by atoms with Crippen molar-refractivity contribution in [3.05, 3.63) is 0 Å². The van der Waals surface area contributed by atoms with Crippen LogP contribution in [-0.4, -0.2) is 65.7 Å². The maximum absolute atomic E-state index is 12.1. The Morgan fingerprint density at radius 3 is 2.48 bits per heavy atom. The number of likely N-dealkylation sites (tertiary alicyclic amines) is 1. The van der Waals surface area contributed by atoms with Gasteiger partial charge < -0.3 is 20.2 Å². The molecule has 0 aromatic rings. The van der Waals surface area contributed by atoms with Gasteiger partial charge in [0, 0.05) is 25.6 Å². The van der Waals surface area contributed by atoms with Crippen molar-refractivity contribution in [3.8, 4) is 0 Å². The molecule has 0 aromatic carbocycles. The number of carboxylic acids is 1. The molecule has 0 unspecified atom stereocenters. The van der Waals surface area contributed by atoms with Gasteiger partial charge >= 0.3 is 12.0 Å². The van der Waals surface area contributed by atoms with Gasteiger partial charge in [-0.05, 0) is 59.2 Å². The van der Waals surface area contributed by atoms with Gasteiger partial charge in [-0.3, -0.25) is 4.79 Å². The number of aliphatic carboxylic acids is 1. The zero-order valence-corrected chi connectivity index (χ0v) is 13.3. The number of urea groups is 1. The summed E-state index contributed by atoms with van der Waals surface area (Å²) in [4.78, 5) is 26.8. The van der Waals surface area contributed by atoms with Gasteiger partial charge in [0.25, 0.3) is 0 Å². The minimum atomic E-state index is -0.815. The van der Waals surface area contributed by atoms with Crippen molar-refractivity contribution in [2.45, 2.75) is 52.0 Å². The lowest BCUT2D eigenvalue weighted by molar-refractivity contribution is -0.137. The number of carbonyl (C=O) groups is 2. The summed E-state index contributed by atoms with van der Waals surface area (Å²) in [5.74, 6) is -0.815. The third kappa shape index (κ3) is 7.32. The van der Waals surface area contributed by atoms with Gasteiger partial charge in [-0.1, -0.05) is 0 Å². The van der Waals surface area contributed by atoms with Crippen molar-refractivity contribution in [3.63, 3.8) is 0 Å². The highest BCUT2D eigenvalue weighted by molar-refractivity contribution is 5.74. The van der Waals surface area contributed by atoms with E-state index in [2.05, 4.69) is 10.2 Å². The summed E-state index contributed by atoms with van der Waals surface area (Å²) >= 11 is 0. The third-order valence-corrected chi connectivity index (χ3v) is 3.80. The van der Waals surface area contributed by atoms with E-state index in [0.717, 1.165) is 13.0 Å². The Bertz CT molecular complexity index is 328. The van der Waals surface area contributed by atoms with E-state index in [-0.39, 0.29) is 18.5 Å². The summed E-state index contributed by atoms with van der Waals surface area (Å²) in [6.45, 7) is 8.47. The Morgan fingerprint density at radius 1 is 1.24 bits per heavy atom. The smallest absolute Gasteiger partial charge is 0.317 e. The van der Waals surface area contributed by atoms with E-state index < -0.39 is 5.97 Å². The third-order valence-electron chi connectivity index (χ3n) is 3.80. The zero-order chi connectivity index (χ0) is 15.7. The predicted molar refractivity (Wildman–Crippen MR) is 82.4 cm³/mol. The quantitative estimate of drug-likeness (QED) is 0.636. The summed E-state index contributed by atoms with van der Waals surface area (Å²) in [6, 6.07) is -0.00538. The molecule has 1 fully saturated rings. The highest BCUT2D eigenvalue weighted by atomic mass is 16.4. The van der Waals surface area contributed by atoms with E-state index in [1.54, 1.807) is 4.90 Å². The predicted octanol–water partition coefficient (Wildman–Crippen LogP) is 1.76. The molecule has 6 nitrogen and oxygen atoms in total. The van der Waals surface area contributed by atoms with Gasteiger partial charge in [0.05, 0.1) is 0 Å². The van der Waals surface area contributed by atoms with Crippen LogP contribution in [0, 0.1) is 0 Å². The highest BCUT2D eigenvalue weighted by Gasteiger charge is 2.17. The zero-order valence-electron chi connectivity index (χ0n) is 13.3. The summed E-state index contributed by atoms with van der Waals surface area (Å²) in [6.07, 6.45) is 4.14. The van der Waals surface area contributed by atoms with Gasteiger partial charge in [0.2, 0.25) is 0 Å². The summed E-state index contributed by atoms with van der Waals surface area (Å²) in [7, 11) is 0. The maximum Gasteiger partial charge on any atom is 0.317 e. The molecule has 2 amide bonds. The fourth-order valence-electron chi connectivity index (χ4n) is 2.60. The molecule has 1 aliphatic heterocycles. The van der Waals surface area contributed by atoms with Gasteiger partial charge in [-0.2, -0.15) is 0 Å². The monoisotopic (exact) mass is 299 g/mol. The Morgan fingerprint density at radius 2 is 1.90 bits per heavy atom. The fourth-order valence-corrected chi connectivity index (χ4v) is 2.60. The lowest BCUT2D eigenvalue weighted by Crippen LogP contribution is -2.45. The molecule has 0 atom stereocenters. The SMILES string of the molecule is CC(C)N(CCCC(=O)O)C(=O)NCCCN1CCCC1. The molecule has 2 N–H and O–H groups in total. The second-order valence-corrected chi connectivity index (χ2v) is 5.92. The normalized spacial score (nSPS) is 15.4. The summed E-state index contributed by atoms with van der Waals surface area (Å²) < 4.78 is 0. The molecular formula is C15H29N3O3. The van der Waals surface area contributed by atoms with Crippen LogP contribution in [0.4, 0.5) is 4.79 Å². The lowest BCUT2D eigenvalue weighted by Gasteiger charge is -2.27. The number of nitrogens with zero attached hydrogens (tertiary/aromatic N) is 2. The minimum Gasteiger partial charge on any atom is -0.481 e. The number of nitrogens with one attached hydrogen (secondary N) is 1. The van der Waals surface area contributed by atoms with E-state index in [1.807, 2.05) is 13.8 Å². The first-order chi connectivity index (χ1) is 10.0. The van der Waals surface area contributed by atoms with Crippen LogP contribution in [0.1, 0.15) is 46.0 Å². The average molecular weight is 299 g/mol. The average Bonchev–Trinajstić information content (AvgIpc) is 2.92. The first-order valence-corrected chi connectivity index (χ1v) is 7.99. The van der Waals surface area contributed by atoms with Crippen molar-refractivity contribution >= 4 is 12.0 Å². The topological polar surface area (TPSA) is 72.9 Å². The molecule has 1 aliphatic rings. The van der Waals surface area contributed by atoms with E-state index in [1.165, 1.54) is 25.9 Å². The van der Waals surface area contributed by atoms with Crippen LogP contribution in [0.2, 0.25) is 0 Å². The second kappa shape index (κ2) is 9.60. The highest BCUT2D eigenvalue weighted by Crippen LogP contribution is 2.07. The van der Waals surface area contributed by atoms with Crippen molar-refractivity contribution < 1.29 is 14.7 Å². The van der Waals surface area contributed by atoms with Crippen molar-refractivity contribution in [1.29, 1.82) is 0 Å². The molecule has 6 heteroatoms. The Hall–Kier alpha value is -1.30. The minimum absolute atomic E-state index is 0.0809. The Labute approximate surface area is 127 Å². The summed E-state index contributed by atoms with van der Waals surface area (Å²) in [5, 5.41) is 11.6. The van der Waals surface area contributed by atoms with Gasteiger partial charge in [-0.25, -0.2) is 4.79 Å². The van der Waals surface area contributed by atoms with E-state index >= 15 is 0 Å². The number of hydrogen-bond donors (Lipinski definition) is 2. The van der Waals surface area contributed by atoms with Gasteiger partial charge in [-0.15, -0.1) is 0 Å². The number of carboxylic acid groups (broad SMARTS) is 1. The van der Waals surface area contributed by atoms with E-state index in [9.17, 15) is 9.59 Å². The van der Waals surface area contributed by atoms with Crippen molar-refractivity contribution in [2.24, 2.45) is 0 Å². The maximum atomic E-state index is 12.1. The van der Waals surface area contributed by atoms with Crippen LogP contribution in [0.25, 0.3) is 0 Å². The van der Waals surface area contributed by atoms with Crippen LogP contribution in [-0.2, 0) is 4.79 Å². The molecule has 0 bridgehead atoms. The largest absolute Gasteiger partial charge is 0.481 e. The van der Waals surface area contributed by atoms with Crippen LogP contribution in [0.15, 0.2) is 0 Å². The molecular weight excluding hydrogens is 270 g/mol. The molecule has 1 rings (SSSR count). The lowest BCUT2D eigenvalue weighted by atomic mass is 10.2. The van der Waals surface area contributed by atoms with E-state index in [4.69, 9.17) is 5.11 Å².